The van der Waals surface area contributed by atoms with Gasteiger partial charge in [0.2, 0.25) is 0 Å². The van der Waals surface area contributed by atoms with E-state index in [0.29, 0.717) is 0 Å². The topological polar surface area (TPSA) is 31.6 Å². The minimum Gasteiger partial charge on any atom is -0.358 e. The fourth-order valence-corrected chi connectivity index (χ4v) is 6.39. The quantitative estimate of drug-likeness (QED) is 0.138. The van der Waals surface area contributed by atoms with Gasteiger partial charge in [0.1, 0.15) is 0 Å². The van der Waals surface area contributed by atoms with Crippen LogP contribution in [0, 0.1) is 11.8 Å². The standard InChI is InChI=1S/C36H42N2/c1-23(2)9-5-7-11-25-21-33-31-15-13-28-27(29(31)17-19-35(33)37-25)14-16-32-30(28)18-20-36-34(32)22-26(38-36)12-8-6-10-24(3)4/h13-24,37-38H,5-12H2,1-4H3. The molecule has 0 atom stereocenters. The van der Waals surface area contributed by atoms with Crippen LogP contribution in [0.5, 0.6) is 0 Å². The van der Waals surface area contributed by atoms with Crippen molar-refractivity contribution < 1.29 is 0 Å². The molecule has 4 aromatic carbocycles. The molecule has 0 spiro atoms. The molecule has 0 radical (unpaired) electrons. The molecular formula is C36H42N2. The Kier molecular flexibility index (Phi) is 6.91. The lowest BCUT2D eigenvalue weighted by Crippen LogP contribution is -1.90. The summed E-state index contributed by atoms with van der Waals surface area (Å²) in [6, 6.07) is 23.4. The summed E-state index contributed by atoms with van der Waals surface area (Å²) in [6.45, 7) is 9.26. The van der Waals surface area contributed by atoms with Gasteiger partial charge in [-0.25, -0.2) is 0 Å². The number of hydrogen-bond acceptors (Lipinski definition) is 0. The number of aryl methyl sites for hydroxylation is 2. The number of aromatic amines is 2. The van der Waals surface area contributed by atoms with Crippen molar-refractivity contribution in [3.63, 3.8) is 0 Å². The number of hydrogen-bond donors (Lipinski definition) is 2. The molecule has 2 heteroatoms. The monoisotopic (exact) mass is 502 g/mol. The molecule has 0 unspecified atom stereocenters. The van der Waals surface area contributed by atoms with Crippen molar-refractivity contribution in [1.82, 2.24) is 9.97 Å². The predicted octanol–water partition coefficient (Wildman–Crippen LogP) is 10.8. The summed E-state index contributed by atoms with van der Waals surface area (Å²) in [5.41, 5.74) is 5.24. The summed E-state index contributed by atoms with van der Waals surface area (Å²) < 4.78 is 0. The molecule has 2 N–H and O–H groups in total. The van der Waals surface area contributed by atoms with Gasteiger partial charge in [0, 0.05) is 33.2 Å². The number of aromatic nitrogens is 2. The van der Waals surface area contributed by atoms with Crippen LogP contribution in [-0.4, -0.2) is 9.97 Å². The Balaban J connectivity index is 1.34. The molecule has 6 rings (SSSR count). The summed E-state index contributed by atoms with van der Waals surface area (Å²) >= 11 is 0. The highest BCUT2D eigenvalue weighted by atomic mass is 14.7. The van der Waals surface area contributed by atoms with E-state index in [0.717, 1.165) is 24.7 Å². The normalized spacial score (nSPS) is 12.5. The maximum atomic E-state index is 3.70. The number of fused-ring (bicyclic) bond motifs is 9. The van der Waals surface area contributed by atoms with Crippen molar-refractivity contribution in [3.05, 3.63) is 72.1 Å². The minimum absolute atomic E-state index is 0.793. The zero-order valence-corrected chi connectivity index (χ0v) is 23.6. The first kappa shape index (κ1) is 25.0. The number of unbranched alkanes of at least 4 members (excludes halogenated alkanes) is 2. The van der Waals surface area contributed by atoms with Crippen molar-refractivity contribution >= 4 is 54.1 Å². The molecule has 2 aromatic heterocycles. The van der Waals surface area contributed by atoms with E-state index in [1.54, 1.807) is 0 Å². The van der Waals surface area contributed by atoms with Gasteiger partial charge >= 0.3 is 0 Å². The Morgan fingerprint density at radius 1 is 0.447 bits per heavy atom. The van der Waals surface area contributed by atoms with Crippen LogP contribution in [-0.2, 0) is 12.8 Å². The summed E-state index contributed by atoms with van der Waals surface area (Å²) in [7, 11) is 0. The van der Waals surface area contributed by atoms with Crippen LogP contribution >= 0.6 is 0 Å². The van der Waals surface area contributed by atoms with E-state index in [-0.39, 0.29) is 0 Å². The van der Waals surface area contributed by atoms with Crippen LogP contribution in [0.3, 0.4) is 0 Å². The number of nitrogens with one attached hydrogen (secondary N) is 2. The maximum absolute atomic E-state index is 3.70. The molecule has 0 amide bonds. The zero-order valence-electron chi connectivity index (χ0n) is 23.6. The average molecular weight is 503 g/mol. The van der Waals surface area contributed by atoms with Crippen LogP contribution in [0.1, 0.15) is 77.6 Å². The van der Waals surface area contributed by atoms with Gasteiger partial charge in [-0.2, -0.15) is 0 Å². The fraction of sp³-hybridized carbons (Fsp3) is 0.389. The lowest BCUT2D eigenvalue weighted by Gasteiger charge is -2.09. The van der Waals surface area contributed by atoms with E-state index in [9.17, 15) is 0 Å². The van der Waals surface area contributed by atoms with E-state index in [1.807, 2.05) is 0 Å². The highest BCUT2D eigenvalue weighted by Gasteiger charge is 2.12. The van der Waals surface area contributed by atoms with Gasteiger partial charge in [-0.15, -0.1) is 0 Å². The average Bonchev–Trinajstić information content (AvgIpc) is 3.52. The third kappa shape index (κ3) is 4.82. The largest absolute Gasteiger partial charge is 0.358 e. The first-order valence-electron chi connectivity index (χ1n) is 14.9. The van der Waals surface area contributed by atoms with Crippen LogP contribution in [0.25, 0.3) is 54.1 Å². The van der Waals surface area contributed by atoms with Crippen LogP contribution < -0.4 is 0 Å². The molecule has 0 aliphatic carbocycles. The first-order chi connectivity index (χ1) is 18.5. The van der Waals surface area contributed by atoms with Gasteiger partial charge in [-0.05, 0) is 94.1 Å². The minimum atomic E-state index is 0.793. The first-order valence-corrected chi connectivity index (χ1v) is 14.9. The molecular weight excluding hydrogens is 460 g/mol. The molecule has 0 saturated carbocycles. The lowest BCUT2D eigenvalue weighted by molar-refractivity contribution is 0.537. The Morgan fingerprint density at radius 2 is 0.789 bits per heavy atom. The second kappa shape index (κ2) is 10.5. The van der Waals surface area contributed by atoms with Gasteiger partial charge in [-0.1, -0.05) is 89.8 Å². The molecule has 38 heavy (non-hydrogen) atoms. The highest BCUT2D eigenvalue weighted by molar-refractivity contribution is 6.24. The van der Waals surface area contributed by atoms with Gasteiger partial charge in [0.05, 0.1) is 0 Å². The summed E-state index contributed by atoms with van der Waals surface area (Å²) in [5, 5.41) is 10.8. The molecule has 0 bridgehead atoms. The van der Waals surface area contributed by atoms with Gasteiger partial charge in [0.15, 0.2) is 0 Å². The molecule has 0 aliphatic rings. The Morgan fingerprint density at radius 3 is 1.16 bits per heavy atom. The Hall–Kier alpha value is -3.26. The van der Waals surface area contributed by atoms with Crippen molar-refractivity contribution in [2.24, 2.45) is 11.8 Å². The maximum Gasteiger partial charge on any atom is 0.0462 e. The molecule has 0 fully saturated rings. The van der Waals surface area contributed by atoms with Crippen LogP contribution in [0.15, 0.2) is 60.7 Å². The van der Waals surface area contributed by atoms with Gasteiger partial charge in [-0.3, -0.25) is 0 Å². The number of benzene rings is 4. The second-order valence-corrected chi connectivity index (χ2v) is 12.3. The highest BCUT2D eigenvalue weighted by Crippen LogP contribution is 2.37. The van der Waals surface area contributed by atoms with Gasteiger partial charge in [0.25, 0.3) is 0 Å². The molecule has 0 saturated heterocycles. The van der Waals surface area contributed by atoms with E-state index in [1.165, 1.54) is 104 Å². The van der Waals surface area contributed by atoms with E-state index >= 15 is 0 Å². The van der Waals surface area contributed by atoms with Crippen molar-refractivity contribution in [3.8, 4) is 0 Å². The zero-order chi connectivity index (χ0) is 26.2. The summed E-state index contributed by atoms with van der Waals surface area (Å²) in [6.07, 6.45) is 10.0. The molecule has 2 nitrogen and oxygen atoms in total. The van der Waals surface area contributed by atoms with Crippen LogP contribution in [0.4, 0.5) is 0 Å². The van der Waals surface area contributed by atoms with E-state index in [4.69, 9.17) is 0 Å². The Bertz CT molecular complexity index is 1600. The molecule has 6 aromatic rings. The fourth-order valence-electron chi connectivity index (χ4n) is 6.39. The molecule has 2 heterocycles. The molecule has 0 aliphatic heterocycles. The number of H-pyrrole nitrogens is 2. The van der Waals surface area contributed by atoms with Crippen molar-refractivity contribution in [2.75, 3.05) is 0 Å². The third-order valence-corrected chi connectivity index (χ3v) is 8.46. The van der Waals surface area contributed by atoms with Gasteiger partial charge < -0.3 is 9.97 Å². The predicted molar refractivity (Wildman–Crippen MR) is 167 cm³/mol. The van der Waals surface area contributed by atoms with E-state index < -0.39 is 0 Å². The molecule has 196 valence electrons. The summed E-state index contributed by atoms with van der Waals surface area (Å²) in [4.78, 5) is 7.39. The smallest absolute Gasteiger partial charge is 0.0462 e. The second-order valence-electron chi connectivity index (χ2n) is 12.3. The lowest BCUT2D eigenvalue weighted by atomic mass is 9.94. The van der Waals surface area contributed by atoms with E-state index in [2.05, 4.69) is 98.3 Å². The van der Waals surface area contributed by atoms with Crippen molar-refractivity contribution in [1.29, 1.82) is 0 Å². The van der Waals surface area contributed by atoms with Crippen molar-refractivity contribution in [2.45, 2.75) is 79.1 Å². The SMILES string of the molecule is CC(C)CCCCc1cc2c(ccc3c2ccc2c4ccc5[nH]c(CCCCC(C)C)cc5c4ccc32)[nH]1. The third-order valence-electron chi connectivity index (χ3n) is 8.46. The van der Waals surface area contributed by atoms with Crippen LogP contribution in [0.2, 0.25) is 0 Å². The Labute approximate surface area is 226 Å². The summed E-state index contributed by atoms with van der Waals surface area (Å²) in [5.74, 6) is 1.59. The number of rotatable bonds is 10.